The summed E-state index contributed by atoms with van der Waals surface area (Å²) in [6, 6.07) is 13.1. The summed E-state index contributed by atoms with van der Waals surface area (Å²) in [6.45, 7) is 5.80. The minimum absolute atomic E-state index is 0.0971. The molecule has 6 rings (SSSR count). The first-order chi connectivity index (χ1) is 19.3. The Morgan fingerprint density at radius 3 is 2.35 bits per heavy atom. The number of cyclic esters (lactones) is 1. The van der Waals surface area contributed by atoms with Crippen LogP contribution in [0.3, 0.4) is 0 Å². The highest BCUT2D eigenvalue weighted by atomic mass is 16.6. The third kappa shape index (κ3) is 3.62. The Hall–Kier alpha value is -3.75. The van der Waals surface area contributed by atoms with Crippen LogP contribution in [0.15, 0.2) is 72.8 Å². The number of esters is 1. The molecule has 0 aliphatic carbocycles. The first-order valence-corrected chi connectivity index (χ1v) is 13.9. The summed E-state index contributed by atoms with van der Waals surface area (Å²) in [4.78, 5) is 46.1. The number of carbonyl (C=O) groups excluding carboxylic acids is 3. The molecule has 2 amide bonds. The van der Waals surface area contributed by atoms with Gasteiger partial charge < -0.3 is 24.4 Å². The van der Waals surface area contributed by atoms with Crippen LogP contribution in [0.4, 0.5) is 5.69 Å². The van der Waals surface area contributed by atoms with Gasteiger partial charge in [0.05, 0.1) is 18.6 Å². The number of aliphatic hydroxyl groups is 1. The fourth-order valence-electron chi connectivity index (χ4n) is 7.33. The maximum atomic E-state index is 14.8. The number of hydrogen-bond donors (Lipinski definition) is 1. The molecule has 2 aromatic rings. The molecule has 4 heterocycles. The van der Waals surface area contributed by atoms with Gasteiger partial charge in [-0.1, -0.05) is 73.7 Å². The fraction of sp³-hybridized carbons (Fsp3) is 0.406. The molecule has 2 aromatic carbocycles. The van der Waals surface area contributed by atoms with Crippen molar-refractivity contribution < 1.29 is 29.0 Å². The number of likely N-dealkylation sites (tertiary alicyclic amines) is 1. The van der Waals surface area contributed by atoms with Crippen LogP contribution in [-0.4, -0.2) is 64.8 Å². The van der Waals surface area contributed by atoms with Gasteiger partial charge in [-0.15, -0.1) is 0 Å². The van der Waals surface area contributed by atoms with E-state index in [1.54, 1.807) is 11.0 Å². The van der Waals surface area contributed by atoms with Gasteiger partial charge in [0.2, 0.25) is 5.91 Å². The quantitative estimate of drug-likeness (QED) is 0.460. The summed E-state index contributed by atoms with van der Waals surface area (Å²) >= 11 is 0. The van der Waals surface area contributed by atoms with Gasteiger partial charge in [0.1, 0.15) is 29.8 Å². The van der Waals surface area contributed by atoms with Crippen LogP contribution in [-0.2, 0) is 23.9 Å². The average Bonchev–Trinajstić information content (AvgIpc) is 3.23. The predicted octanol–water partition coefficient (Wildman–Crippen LogP) is 3.41. The normalized spacial score (nSPS) is 31.8. The molecular weight excluding hydrogens is 508 g/mol. The van der Waals surface area contributed by atoms with E-state index in [0.717, 1.165) is 16.8 Å². The molecule has 1 spiro atoms. The van der Waals surface area contributed by atoms with E-state index in [1.807, 2.05) is 87.5 Å². The van der Waals surface area contributed by atoms with Crippen molar-refractivity contribution in [2.75, 3.05) is 24.7 Å². The number of carbonyl (C=O) groups is 3. The molecule has 8 heteroatoms. The van der Waals surface area contributed by atoms with Gasteiger partial charge in [-0.3, -0.25) is 14.4 Å². The molecule has 0 aromatic heterocycles. The van der Waals surface area contributed by atoms with Gasteiger partial charge in [0.25, 0.3) is 5.91 Å². The lowest BCUT2D eigenvalue weighted by atomic mass is 9.73. The Morgan fingerprint density at radius 2 is 1.68 bits per heavy atom. The molecule has 2 saturated heterocycles. The van der Waals surface area contributed by atoms with E-state index < -0.39 is 53.6 Å². The summed E-state index contributed by atoms with van der Waals surface area (Å²) in [5.74, 6) is -3.16. The van der Waals surface area contributed by atoms with Crippen molar-refractivity contribution in [3.05, 3.63) is 89.5 Å². The van der Waals surface area contributed by atoms with Crippen LogP contribution in [0, 0.1) is 25.7 Å². The number of ether oxygens (including phenoxy) is 2. The molecule has 0 bridgehead atoms. The standard InChI is InChI=1S/C32H34N2O6/c1-4-31-15-10-18-39-30(38)25(31)24-28(36)34(23(19-35)22-13-6-5-7-14-22)27-29(37)33(17-9-16-32(24,27)40-31)26-20(2)11-8-12-21(26)3/h5-16,23-25,27,35H,4,17-19H2,1-3H3/t23-,24+,25+,27?,31-,32+/m1/s1. The molecule has 1 unspecified atom stereocenters. The monoisotopic (exact) mass is 542 g/mol. The van der Waals surface area contributed by atoms with Crippen molar-refractivity contribution in [3.63, 3.8) is 0 Å². The van der Waals surface area contributed by atoms with E-state index in [1.165, 1.54) is 4.90 Å². The number of anilines is 1. The maximum absolute atomic E-state index is 14.8. The van der Waals surface area contributed by atoms with Crippen molar-refractivity contribution in [2.24, 2.45) is 11.8 Å². The van der Waals surface area contributed by atoms with E-state index in [2.05, 4.69) is 0 Å². The zero-order valence-electron chi connectivity index (χ0n) is 22.9. The Balaban J connectivity index is 1.57. The van der Waals surface area contributed by atoms with Crippen molar-refractivity contribution in [3.8, 4) is 0 Å². The lowest BCUT2D eigenvalue weighted by molar-refractivity contribution is -0.159. The molecular formula is C32H34N2O6. The highest BCUT2D eigenvalue weighted by Crippen LogP contribution is 2.59. The van der Waals surface area contributed by atoms with E-state index in [4.69, 9.17) is 9.47 Å². The lowest BCUT2D eigenvalue weighted by Gasteiger charge is -2.41. The highest BCUT2D eigenvalue weighted by Gasteiger charge is 2.76. The first-order valence-electron chi connectivity index (χ1n) is 13.9. The van der Waals surface area contributed by atoms with Crippen LogP contribution in [0.1, 0.15) is 36.1 Å². The summed E-state index contributed by atoms with van der Waals surface area (Å²) in [7, 11) is 0. The van der Waals surface area contributed by atoms with Gasteiger partial charge in [0, 0.05) is 12.2 Å². The number of aryl methyl sites for hydroxylation is 2. The topological polar surface area (TPSA) is 96.4 Å². The second kappa shape index (κ2) is 9.71. The molecule has 208 valence electrons. The fourth-order valence-corrected chi connectivity index (χ4v) is 7.33. The van der Waals surface area contributed by atoms with Crippen LogP contribution in [0.5, 0.6) is 0 Å². The van der Waals surface area contributed by atoms with Crippen molar-refractivity contribution in [2.45, 2.75) is 50.5 Å². The number of nitrogens with zero attached hydrogens (tertiary/aromatic N) is 2. The third-order valence-corrected chi connectivity index (χ3v) is 9.04. The Morgan fingerprint density at radius 1 is 0.950 bits per heavy atom. The van der Waals surface area contributed by atoms with Crippen molar-refractivity contribution in [1.29, 1.82) is 0 Å². The summed E-state index contributed by atoms with van der Waals surface area (Å²) in [5, 5.41) is 10.7. The molecule has 0 radical (unpaired) electrons. The predicted molar refractivity (Wildman–Crippen MR) is 148 cm³/mol. The molecule has 40 heavy (non-hydrogen) atoms. The molecule has 4 aliphatic heterocycles. The summed E-state index contributed by atoms with van der Waals surface area (Å²) in [5.41, 5.74) is 0.809. The zero-order valence-corrected chi connectivity index (χ0v) is 22.9. The summed E-state index contributed by atoms with van der Waals surface area (Å²) < 4.78 is 12.4. The second-order valence-corrected chi connectivity index (χ2v) is 11.1. The van der Waals surface area contributed by atoms with E-state index >= 15 is 0 Å². The van der Waals surface area contributed by atoms with Crippen molar-refractivity contribution in [1.82, 2.24) is 4.90 Å². The molecule has 2 fully saturated rings. The van der Waals surface area contributed by atoms with Crippen LogP contribution in [0.25, 0.3) is 0 Å². The Labute approximate surface area is 233 Å². The van der Waals surface area contributed by atoms with Crippen molar-refractivity contribution >= 4 is 23.5 Å². The Bertz CT molecular complexity index is 1400. The number of hydrogen-bond acceptors (Lipinski definition) is 6. The van der Waals surface area contributed by atoms with E-state index in [-0.39, 0.29) is 19.1 Å². The van der Waals surface area contributed by atoms with Gasteiger partial charge in [-0.05, 0) is 43.0 Å². The average molecular weight is 543 g/mol. The third-order valence-electron chi connectivity index (χ3n) is 9.04. The minimum atomic E-state index is -1.43. The van der Waals surface area contributed by atoms with E-state index in [9.17, 15) is 19.5 Å². The summed E-state index contributed by atoms with van der Waals surface area (Å²) in [6.07, 6.45) is 7.69. The molecule has 8 nitrogen and oxygen atoms in total. The van der Waals surface area contributed by atoms with Gasteiger partial charge in [-0.25, -0.2) is 0 Å². The van der Waals surface area contributed by atoms with E-state index in [0.29, 0.717) is 12.0 Å². The number of rotatable bonds is 5. The number of aliphatic hydroxyl groups excluding tert-OH is 1. The zero-order chi connectivity index (χ0) is 28.2. The number of fused-ring (bicyclic) bond motifs is 2. The van der Waals surface area contributed by atoms with Gasteiger partial charge in [0.15, 0.2) is 0 Å². The molecule has 6 atom stereocenters. The molecule has 1 N–H and O–H groups in total. The SMILES string of the molecule is CC[C@@]12C=CCOC(=O)[C@@H]1[C@H]1C(=O)N([C@H](CO)c3ccccc3)C3C(=O)N(c4c(C)cccc4C)CC=C[C@@]31O2. The molecule has 0 saturated carbocycles. The smallest absolute Gasteiger partial charge is 0.313 e. The van der Waals surface area contributed by atoms with Crippen LogP contribution in [0.2, 0.25) is 0 Å². The van der Waals surface area contributed by atoms with Crippen LogP contribution < -0.4 is 4.90 Å². The highest BCUT2D eigenvalue weighted by molar-refractivity contribution is 6.06. The maximum Gasteiger partial charge on any atom is 0.313 e. The van der Waals surface area contributed by atoms with Crippen LogP contribution >= 0.6 is 0 Å². The lowest BCUT2D eigenvalue weighted by Crippen LogP contribution is -2.57. The van der Waals surface area contributed by atoms with Gasteiger partial charge >= 0.3 is 5.97 Å². The number of benzene rings is 2. The largest absolute Gasteiger partial charge is 0.461 e. The first kappa shape index (κ1) is 26.5. The van der Waals surface area contributed by atoms with Gasteiger partial charge in [-0.2, -0.15) is 0 Å². The molecule has 4 aliphatic rings. The Kier molecular flexibility index (Phi) is 6.43. The number of para-hydroxylation sites is 1. The minimum Gasteiger partial charge on any atom is -0.461 e. The second-order valence-electron chi connectivity index (χ2n) is 11.1. The number of amides is 2.